The first kappa shape index (κ1) is 17.7. The van der Waals surface area contributed by atoms with E-state index >= 15 is 0 Å². The van der Waals surface area contributed by atoms with Gasteiger partial charge in [0.25, 0.3) is 5.91 Å². The number of hydrogen-bond donors (Lipinski definition) is 4. The van der Waals surface area contributed by atoms with Crippen molar-refractivity contribution in [2.75, 3.05) is 27.2 Å². The van der Waals surface area contributed by atoms with Gasteiger partial charge in [-0.25, -0.2) is 4.68 Å². The first-order valence-electron chi connectivity index (χ1n) is 7.30. The fourth-order valence-electron chi connectivity index (χ4n) is 1.85. The molecular formula is C15H20N6O2S. The van der Waals surface area contributed by atoms with Gasteiger partial charge in [0.05, 0.1) is 11.9 Å². The topological polar surface area (TPSA) is 94.5 Å². The molecule has 0 saturated carbocycles. The lowest BCUT2D eigenvalue weighted by molar-refractivity contribution is 0.0935. The second-order valence-corrected chi connectivity index (χ2v) is 5.69. The van der Waals surface area contributed by atoms with Crippen molar-refractivity contribution >= 4 is 23.2 Å². The Hall–Kier alpha value is -2.65. The van der Waals surface area contributed by atoms with Crippen LogP contribution in [0.15, 0.2) is 36.5 Å². The molecule has 9 heteroatoms. The van der Waals surface area contributed by atoms with Crippen LogP contribution in [0.25, 0.3) is 5.69 Å². The van der Waals surface area contributed by atoms with Crippen molar-refractivity contribution < 1.29 is 9.90 Å². The maximum absolute atomic E-state index is 12.1. The number of rotatable bonds is 5. The summed E-state index contributed by atoms with van der Waals surface area (Å²) in [4.78, 5) is 14.1. The molecule has 8 nitrogen and oxygen atoms in total. The lowest BCUT2D eigenvalue weighted by Crippen LogP contribution is -2.48. The van der Waals surface area contributed by atoms with Gasteiger partial charge in [0, 0.05) is 13.1 Å². The Balaban J connectivity index is 1.91. The molecule has 1 aromatic heterocycles. The number of para-hydroxylation sites is 1. The molecule has 0 aliphatic rings. The van der Waals surface area contributed by atoms with Gasteiger partial charge in [0.15, 0.2) is 16.6 Å². The molecule has 0 atom stereocenters. The first-order valence-corrected chi connectivity index (χ1v) is 7.71. The van der Waals surface area contributed by atoms with Gasteiger partial charge in [-0.15, -0.1) is 0 Å². The molecule has 1 amide bonds. The molecule has 0 fully saturated rings. The molecule has 2 aromatic rings. The highest BCUT2D eigenvalue weighted by Gasteiger charge is 2.17. The number of carbonyl (C=O) groups is 1. The van der Waals surface area contributed by atoms with Gasteiger partial charge < -0.3 is 15.3 Å². The van der Waals surface area contributed by atoms with Crippen LogP contribution in [0.2, 0.25) is 0 Å². The second-order valence-electron chi connectivity index (χ2n) is 5.28. The average Bonchev–Trinajstić information content (AvgIpc) is 2.95. The van der Waals surface area contributed by atoms with E-state index in [2.05, 4.69) is 21.3 Å². The average molecular weight is 348 g/mol. The number of hydrazine groups is 1. The lowest BCUT2D eigenvalue weighted by Gasteiger charge is -2.13. The lowest BCUT2D eigenvalue weighted by atomic mass is 10.3. The van der Waals surface area contributed by atoms with Gasteiger partial charge in [0.1, 0.15) is 0 Å². The summed E-state index contributed by atoms with van der Waals surface area (Å²) in [6, 6.07) is 9.18. The predicted molar refractivity (Wildman–Crippen MR) is 95.0 cm³/mol. The van der Waals surface area contributed by atoms with E-state index in [0.29, 0.717) is 6.54 Å². The number of nitrogens with one attached hydrogen (secondary N) is 3. The van der Waals surface area contributed by atoms with Gasteiger partial charge >= 0.3 is 0 Å². The standard InChI is InChI=1S/C15H20N6O2S/c1-20(2)9-8-16-15(24)18-17-14(23)13-12(22)10-21(19-13)11-6-4-3-5-7-11/h3-7,10,22H,8-9H2,1-2H3,(H,17,23)(H2,16,18,24). The van der Waals surface area contributed by atoms with Gasteiger partial charge in [-0.3, -0.25) is 15.6 Å². The highest BCUT2D eigenvalue weighted by Crippen LogP contribution is 2.17. The van der Waals surface area contributed by atoms with E-state index in [9.17, 15) is 9.90 Å². The molecule has 1 heterocycles. The van der Waals surface area contributed by atoms with Gasteiger partial charge in [-0.1, -0.05) is 18.2 Å². The van der Waals surface area contributed by atoms with Gasteiger partial charge in [0.2, 0.25) is 0 Å². The molecule has 0 saturated heterocycles. The zero-order valence-corrected chi connectivity index (χ0v) is 14.3. The minimum absolute atomic E-state index is 0.0950. The summed E-state index contributed by atoms with van der Waals surface area (Å²) in [6.45, 7) is 1.45. The predicted octanol–water partition coefficient (Wildman–Crippen LogP) is 0.248. The molecule has 0 unspecified atom stereocenters. The summed E-state index contributed by atoms with van der Waals surface area (Å²) in [6.07, 6.45) is 1.37. The van der Waals surface area contributed by atoms with Crippen molar-refractivity contribution in [3.8, 4) is 11.4 Å². The fourth-order valence-corrected chi connectivity index (χ4v) is 2.00. The minimum atomic E-state index is -0.584. The van der Waals surface area contributed by atoms with Crippen LogP contribution >= 0.6 is 12.2 Å². The molecule has 0 bridgehead atoms. The Bertz CT molecular complexity index is 701. The zero-order valence-electron chi connectivity index (χ0n) is 13.5. The summed E-state index contributed by atoms with van der Waals surface area (Å²) in [5.41, 5.74) is 5.61. The Kier molecular flexibility index (Phi) is 6.10. The number of carbonyl (C=O) groups excluding carboxylic acids is 1. The van der Waals surface area contributed by atoms with Crippen LogP contribution in [-0.4, -0.2) is 58.0 Å². The smallest absolute Gasteiger partial charge is 0.294 e. The number of benzene rings is 1. The van der Waals surface area contributed by atoms with E-state index in [1.807, 2.05) is 49.3 Å². The quantitative estimate of drug-likeness (QED) is 0.454. The van der Waals surface area contributed by atoms with E-state index < -0.39 is 5.91 Å². The molecule has 1 aromatic carbocycles. The Morgan fingerprint density at radius 1 is 1.29 bits per heavy atom. The number of aromatic nitrogens is 2. The Morgan fingerprint density at radius 2 is 2.00 bits per heavy atom. The first-order chi connectivity index (χ1) is 11.5. The van der Waals surface area contributed by atoms with Crippen molar-refractivity contribution in [2.45, 2.75) is 0 Å². The molecule has 24 heavy (non-hydrogen) atoms. The number of hydrogen-bond acceptors (Lipinski definition) is 5. The van der Waals surface area contributed by atoms with E-state index in [1.165, 1.54) is 10.9 Å². The number of likely N-dealkylation sites (N-methyl/N-ethyl adjacent to an activating group) is 1. The third kappa shape index (κ3) is 4.93. The van der Waals surface area contributed by atoms with E-state index in [4.69, 9.17) is 12.2 Å². The molecule has 0 radical (unpaired) electrons. The van der Waals surface area contributed by atoms with E-state index in [0.717, 1.165) is 12.2 Å². The highest BCUT2D eigenvalue weighted by molar-refractivity contribution is 7.80. The second kappa shape index (κ2) is 8.27. The SMILES string of the molecule is CN(C)CCNC(=S)NNC(=O)c1nn(-c2ccccc2)cc1O. The van der Waals surface area contributed by atoms with Crippen molar-refractivity contribution in [3.63, 3.8) is 0 Å². The molecule has 128 valence electrons. The monoisotopic (exact) mass is 348 g/mol. The van der Waals surface area contributed by atoms with E-state index in [-0.39, 0.29) is 16.6 Å². The van der Waals surface area contributed by atoms with Crippen LogP contribution in [0.5, 0.6) is 5.75 Å². The maximum atomic E-state index is 12.1. The third-order valence-electron chi connectivity index (χ3n) is 3.06. The minimum Gasteiger partial charge on any atom is -0.504 e. The van der Waals surface area contributed by atoms with Crippen LogP contribution < -0.4 is 16.2 Å². The van der Waals surface area contributed by atoms with Crippen LogP contribution in [0, 0.1) is 0 Å². The number of thiocarbonyl (C=S) groups is 1. The van der Waals surface area contributed by atoms with Crippen molar-refractivity contribution in [1.82, 2.24) is 30.8 Å². The van der Waals surface area contributed by atoms with Crippen LogP contribution in [-0.2, 0) is 0 Å². The Labute approximate surface area is 145 Å². The summed E-state index contributed by atoms with van der Waals surface area (Å²) < 4.78 is 1.43. The molecule has 0 aliphatic carbocycles. The Morgan fingerprint density at radius 3 is 2.67 bits per heavy atom. The molecule has 4 N–H and O–H groups in total. The maximum Gasteiger partial charge on any atom is 0.294 e. The van der Waals surface area contributed by atoms with Crippen LogP contribution in [0.3, 0.4) is 0 Å². The summed E-state index contributed by atoms with van der Waals surface area (Å²) in [5, 5.41) is 17.2. The van der Waals surface area contributed by atoms with Crippen molar-refractivity contribution in [2.24, 2.45) is 0 Å². The summed E-state index contributed by atoms with van der Waals surface area (Å²) in [7, 11) is 3.90. The highest BCUT2D eigenvalue weighted by atomic mass is 32.1. The number of nitrogens with zero attached hydrogens (tertiary/aromatic N) is 3. The molecular weight excluding hydrogens is 328 g/mol. The number of aromatic hydroxyl groups is 1. The zero-order chi connectivity index (χ0) is 17.5. The summed E-state index contributed by atoms with van der Waals surface area (Å²) >= 11 is 5.05. The largest absolute Gasteiger partial charge is 0.504 e. The van der Waals surface area contributed by atoms with E-state index in [1.54, 1.807) is 0 Å². The molecule has 2 rings (SSSR count). The fraction of sp³-hybridized carbons (Fsp3) is 0.267. The summed E-state index contributed by atoms with van der Waals surface area (Å²) in [5.74, 6) is -0.802. The third-order valence-corrected chi connectivity index (χ3v) is 3.31. The normalized spacial score (nSPS) is 10.5. The number of amides is 1. The van der Waals surface area contributed by atoms with Crippen molar-refractivity contribution in [3.05, 3.63) is 42.2 Å². The van der Waals surface area contributed by atoms with Gasteiger partial charge in [-0.2, -0.15) is 5.10 Å². The molecule has 0 aliphatic heterocycles. The van der Waals surface area contributed by atoms with Gasteiger partial charge in [-0.05, 0) is 38.4 Å². The van der Waals surface area contributed by atoms with Crippen LogP contribution in [0.1, 0.15) is 10.5 Å². The van der Waals surface area contributed by atoms with Crippen LogP contribution in [0.4, 0.5) is 0 Å². The van der Waals surface area contributed by atoms with Crippen molar-refractivity contribution in [1.29, 1.82) is 0 Å². The molecule has 0 spiro atoms.